The van der Waals surface area contributed by atoms with Crippen LogP contribution in [0.3, 0.4) is 0 Å². The van der Waals surface area contributed by atoms with Gasteiger partial charge in [-0.25, -0.2) is 9.97 Å². The minimum Gasteiger partial charge on any atom is -0.497 e. The molecule has 0 aliphatic rings. The third-order valence-corrected chi connectivity index (χ3v) is 3.99. The molecule has 0 aliphatic heterocycles. The Labute approximate surface area is 157 Å². The number of anilines is 4. The summed E-state index contributed by atoms with van der Waals surface area (Å²) < 4.78 is 6.00. The summed E-state index contributed by atoms with van der Waals surface area (Å²) in [4.78, 5) is 19.1. The molecule has 0 atom stereocenters. The van der Waals surface area contributed by atoms with E-state index in [9.17, 15) is 10.1 Å². The average molecular weight is 416 g/mol. The molecule has 26 heavy (non-hydrogen) atoms. The van der Waals surface area contributed by atoms with Crippen molar-refractivity contribution < 1.29 is 9.66 Å². The maximum absolute atomic E-state index is 11.6. The first-order chi connectivity index (χ1) is 12.6. The number of ether oxygens (including phenoxy) is 1. The molecule has 0 fully saturated rings. The van der Waals surface area contributed by atoms with Crippen LogP contribution < -0.4 is 15.4 Å². The van der Waals surface area contributed by atoms with Crippen LogP contribution in [-0.4, -0.2) is 22.0 Å². The number of hydrogen-bond acceptors (Lipinski definition) is 7. The summed E-state index contributed by atoms with van der Waals surface area (Å²) in [5, 5.41) is 17.5. The maximum atomic E-state index is 11.6. The molecule has 1 heterocycles. The number of nitrogens with one attached hydrogen (secondary N) is 2. The highest BCUT2D eigenvalue weighted by Gasteiger charge is 2.23. The zero-order valence-electron chi connectivity index (χ0n) is 13.6. The topological polar surface area (TPSA) is 102 Å². The SMILES string of the molecule is COc1ccc(Nc2ncnc(Nc3ccc(Br)cc3)c2[N+](=O)[O-])cc1. The summed E-state index contributed by atoms with van der Waals surface area (Å²) in [6, 6.07) is 14.2. The van der Waals surface area contributed by atoms with Gasteiger partial charge in [-0.05, 0) is 48.5 Å². The Bertz CT molecular complexity index is 917. The lowest BCUT2D eigenvalue weighted by molar-refractivity contribution is -0.383. The minimum absolute atomic E-state index is 0.0924. The number of hydrogen-bond donors (Lipinski definition) is 2. The van der Waals surface area contributed by atoms with Crippen molar-refractivity contribution in [3.8, 4) is 5.75 Å². The molecule has 3 rings (SSSR count). The lowest BCUT2D eigenvalue weighted by atomic mass is 10.3. The van der Waals surface area contributed by atoms with Crippen LogP contribution in [0, 0.1) is 10.1 Å². The van der Waals surface area contributed by atoms with E-state index in [-0.39, 0.29) is 17.3 Å². The molecular weight excluding hydrogens is 402 g/mol. The van der Waals surface area contributed by atoms with Crippen LogP contribution in [0.15, 0.2) is 59.3 Å². The number of benzene rings is 2. The van der Waals surface area contributed by atoms with E-state index in [2.05, 4.69) is 36.5 Å². The summed E-state index contributed by atoms with van der Waals surface area (Å²) >= 11 is 3.35. The van der Waals surface area contributed by atoms with Gasteiger partial charge in [-0.15, -0.1) is 0 Å². The fourth-order valence-corrected chi connectivity index (χ4v) is 2.48. The van der Waals surface area contributed by atoms with Crippen molar-refractivity contribution in [2.24, 2.45) is 0 Å². The summed E-state index contributed by atoms with van der Waals surface area (Å²) in [5.41, 5.74) is 1.07. The van der Waals surface area contributed by atoms with Crippen LogP contribution in [0.2, 0.25) is 0 Å². The van der Waals surface area contributed by atoms with Gasteiger partial charge in [-0.3, -0.25) is 10.1 Å². The van der Waals surface area contributed by atoms with Crippen LogP contribution in [0.25, 0.3) is 0 Å². The molecule has 0 saturated heterocycles. The Morgan fingerprint density at radius 3 is 1.92 bits per heavy atom. The van der Waals surface area contributed by atoms with Crippen LogP contribution >= 0.6 is 15.9 Å². The van der Waals surface area contributed by atoms with Gasteiger partial charge in [0, 0.05) is 15.8 Å². The molecule has 9 heteroatoms. The molecule has 132 valence electrons. The lowest BCUT2D eigenvalue weighted by Gasteiger charge is -2.10. The van der Waals surface area contributed by atoms with Gasteiger partial charge in [0.1, 0.15) is 12.1 Å². The van der Waals surface area contributed by atoms with Gasteiger partial charge in [0.2, 0.25) is 11.6 Å². The highest BCUT2D eigenvalue weighted by molar-refractivity contribution is 9.10. The van der Waals surface area contributed by atoms with E-state index in [4.69, 9.17) is 4.74 Å². The summed E-state index contributed by atoms with van der Waals surface area (Å²) in [7, 11) is 1.57. The monoisotopic (exact) mass is 415 g/mol. The van der Waals surface area contributed by atoms with Gasteiger partial charge in [0.25, 0.3) is 0 Å². The molecule has 8 nitrogen and oxygen atoms in total. The highest BCUT2D eigenvalue weighted by Crippen LogP contribution is 2.33. The Morgan fingerprint density at radius 2 is 1.46 bits per heavy atom. The smallest absolute Gasteiger partial charge is 0.353 e. The normalized spacial score (nSPS) is 10.2. The Kier molecular flexibility index (Phi) is 5.28. The number of halogens is 1. The van der Waals surface area contributed by atoms with Crippen molar-refractivity contribution in [3.05, 3.63) is 69.4 Å². The number of aromatic nitrogens is 2. The first-order valence-electron chi connectivity index (χ1n) is 7.50. The first-order valence-corrected chi connectivity index (χ1v) is 8.29. The van der Waals surface area contributed by atoms with Crippen molar-refractivity contribution in [3.63, 3.8) is 0 Å². The van der Waals surface area contributed by atoms with Gasteiger partial charge in [0.15, 0.2) is 0 Å². The van der Waals surface area contributed by atoms with Gasteiger partial charge < -0.3 is 15.4 Å². The summed E-state index contributed by atoms with van der Waals surface area (Å²) in [6.45, 7) is 0. The van der Waals surface area contributed by atoms with E-state index in [0.717, 1.165) is 4.47 Å². The zero-order chi connectivity index (χ0) is 18.5. The second kappa shape index (κ2) is 7.79. The lowest BCUT2D eigenvalue weighted by Crippen LogP contribution is -2.05. The van der Waals surface area contributed by atoms with Crippen molar-refractivity contribution >= 4 is 44.6 Å². The van der Waals surface area contributed by atoms with E-state index in [1.54, 1.807) is 43.5 Å². The minimum atomic E-state index is -0.521. The second-order valence-electron chi connectivity index (χ2n) is 5.16. The second-order valence-corrected chi connectivity index (χ2v) is 6.08. The van der Waals surface area contributed by atoms with Crippen molar-refractivity contribution in [2.75, 3.05) is 17.7 Å². The quantitative estimate of drug-likeness (QED) is 0.446. The summed E-state index contributed by atoms with van der Waals surface area (Å²) in [6.07, 6.45) is 1.26. The van der Waals surface area contributed by atoms with E-state index in [0.29, 0.717) is 17.1 Å². The molecule has 0 unspecified atom stereocenters. The maximum Gasteiger partial charge on any atom is 0.353 e. The number of rotatable bonds is 6. The molecule has 0 radical (unpaired) electrons. The number of nitro groups is 1. The number of nitrogens with zero attached hydrogens (tertiary/aromatic N) is 3. The molecule has 2 aromatic carbocycles. The summed E-state index contributed by atoms with van der Waals surface area (Å²) in [5.74, 6) is 0.878. The largest absolute Gasteiger partial charge is 0.497 e. The molecule has 2 N–H and O–H groups in total. The Balaban J connectivity index is 1.92. The van der Waals surface area contributed by atoms with E-state index < -0.39 is 4.92 Å². The van der Waals surface area contributed by atoms with Crippen LogP contribution in [0.5, 0.6) is 5.75 Å². The third kappa shape index (κ3) is 4.06. The Morgan fingerprint density at radius 1 is 0.962 bits per heavy atom. The fraction of sp³-hybridized carbons (Fsp3) is 0.0588. The molecule has 0 aliphatic carbocycles. The van der Waals surface area contributed by atoms with Gasteiger partial charge >= 0.3 is 5.69 Å². The number of methoxy groups -OCH3 is 1. The van der Waals surface area contributed by atoms with E-state index >= 15 is 0 Å². The molecular formula is C17H14BrN5O3. The molecule has 0 bridgehead atoms. The van der Waals surface area contributed by atoms with Crippen LogP contribution in [-0.2, 0) is 0 Å². The van der Waals surface area contributed by atoms with Gasteiger partial charge in [0.05, 0.1) is 12.0 Å². The van der Waals surface area contributed by atoms with Crippen molar-refractivity contribution in [1.82, 2.24) is 9.97 Å². The molecule has 1 aromatic heterocycles. The average Bonchev–Trinajstić information content (AvgIpc) is 2.64. The fourth-order valence-electron chi connectivity index (χ4n) is 2.22. The van der Waals surface area contributed by atoms with E-state index in [1.807, 2.05) is 12.1 Å². The molecule has 0 amide bonds. The van der Waals surface area contributed by atoms with E-state index in [1.165, 1.54) is 6.33 Å². The van der Waals surface area contributed by atoms with Crippen LogP contribution in [0.1, 0.15) is 0 Å². The molecule has 0 saturated carbocycles. The predicted octanol–water partition coefficient (Wildman–Crippen LogP) is 4.64. The van der Waals surface area contributed by atoms with Gasteiger partial charge in [-0.2, -0.15) is 0 Å². The zero-order valence-corrected chi connectivity index (χ0v) is 15.2. The standard InChI is InChI=1S/C17H14BrN5O3/c1-26-14-8-6-13(7-9-14)22-17-15(23(24)25)16(19-10-20-17)21-12-4-2-11(18)3-5-12/h2-10H,1H3,(H2,19,20,21,22). The Hall–Kier alpha value is -3.20. The predicted molar refractivity (Wildman–Crippen MR) is 102 cm³/mol. The van der Waals surface area contributed by atoms with Gasteiger partial charge in [-0.1, -0.05) is 15.9 Å². The molecule has 0 spiro atoms. The molecule has 3 aromatic rings. The van der Waals surface area contributed by atoms with Crippen molar-refractivity contribution in [2.45, 2.75) is 0 Å². The van der Waals surface area contributed by atoms with Crippen LogP contribution in [0.4, 0.5) is 28.7 Å². The highest BCUT2D eigenvalue weighted by atomic mass is 79.9. The first kappa shape index (κ1) is 17.6. The van der Waals surface area contributed by atoms with Crippen molar-refractivity contribution in [1.29, 1.82) is 0 Å². The third-order valence-electron chi connectivity index (χ3n) is 3.46.